The van der Waals surface area contributed by atoms with Crippen molar-refractivity contribution in [1.29, 1.82) is 0 Å². The first-order valence-corrected chi connectivity index (χ1v) is 11.3. The zero-order valence-corrected chi connectivity index (χ0v) is 18.2. The van der Waals surface area contributed by atoms with E-state index in [1.807, 2.05) is 13.8 Å². The summed E-state index contributed by atoms with van der Waals surface area (Å²) in [6.07, 6.45) is 3.01. The third kappa shape index (κ3) is 4.78. The van der Waals surface area contributed by atoms with Gasteiger partial charge in [-0.3, -0.25) is 9.78 Å². The highest BCUT2D eigenvalue weighted by atomic mass is 35.5. The highest BCUT2D eigenvalue weighted by molar-refractivity contribution is 7.90. The van der Waals surface area contributed by atoms with E-state index in [1.54, 1.807) is 36.4 Å². The van der Waals surface area contributed by atoms with Crippen LogP contribution in [-0.4, -0.2) is 30.9 Å². The smallest absolute Gasteiger partial charge is 0.193 e. The molecule has 0 aliphatic rings. The van der Waals surface area contributed by atoms with Crippen molar-refractivity contribution in [3.63, 3.8) is 0 Å². The van der Waals surface area contributed by atoms with Crippen LogP contribution in [0.15, 0.2) is 71.9 Å². The fourth-order valence-corrected chi connectivity index (χ4v) is 4.59. The summed E-state index contributed by atoms with van der Waals surface area (Å²) in [5, 5.41) is 9.86. The molecule has 0 saturated heterocycles. The molecular weight excluding hydrogens is 422 g/mol. The summed E-state index contributed by atoms with van der Waals surface area (Å²) in [6, 6.07) is 14.2. The summed E-state index contributed by atoms with van der Waals surface area (Å²) in [5.41, 5.74) is 1.39. The zero-order chi connectivity index (χ0) is 21.9. The second-order valence-electron chi connectivity index (χ2n) is 7.69. The van der Waals surface area contributed by atoms with Crippen LogP contribution in [0.4, 0.5) is 0 Å². The van der Waals surface area contributed by atoms with E-state index >= 15 is 0 Å². The van der Waals surface area contributed by atoms with Crippen LogP contribution in [0.3, 0.4) is 0 Å². The lowest BCUT2D eigenvalue weighted by Gasteiger charge is -2.22. The largest absolute Gasteiger partial charge is 0.395 e. The predicted octanol–water partition coefficient (Wildman–Crippen LogP) is 4.21. The summed E-state index contributed by atoms with van der Waals surface area (Å²) in [7, 11) is -3.70. The number of pyridine rings is 1. The van der Waals surface area contributed by atoms with E-state index in [-0.39, 0.29) is 28.6 Å². The van der Waals surface area contributed by atoms with E-state index in [1.165, 1.54) is 30.6 Å². The number of nitrogens with zero attached hydrogens (tertiary/aromatic N) is 1. The number of carbonyl (C=O) groups excluding carboxylic acids is 1. The normalized spacial score (nSPS) is 12.0. The van der Waals surface area contributed by atoms with Crippen molar-refractivity contribution in [2.24, 2.45) is 0 Å². The van der Waals surface area contributed by atoms with Crippen LogP contribution < -0.4 is 0 Å². The van der Waals surface area contributed by atoms with Crippen LogP contribution in [-0.2, 0) is 21.0 Å². The fourth-order valence-electron chi connectivity index (χ4n) is 3.04. The Bertz CT molecular complexity index is 1160. The van der Waals surface area contributed by atoms with Gasteiger partial charge in [-0.05, 0) is 47.5 Å². The van der Waals surface area contributed by atoms with Gasteiger partial charge in [0.2, 0.25) is 0 Å². The molecule has 5 nitrogen and oxygen atoms in total. The number of sulfone groups is 1. The van der Waals surface area contributed by atoms with E-state index in [9.17, 15) is 18.3 Å². The first-order valence-electron chi connectivity index (χ1n) is 9.31. The van der Waals surface area contributed by atoms with Gasteiger partial charge in [-0.25, -0.2) is 8.42 Å². The molecule has 0 spiro atoms. The summed E-state index contributed by atoms with van der Waals surface area (Å²) in [6.45, 7) is 3.70. The Morgan fingerprint density at radius 3 is 2.27 bits per heavy atom. The minimum absolute atomic E-state index is 0.0512. The van der Waals surface area contributed by atoms with Crippen LogP contribution >= 0.6 is 11.6 Å². The number of hydrogen-bond acceptors (Lipinski definition) is 5. The summed E-state index contributed by atoms with van der Waals surface area (Å²) in [4.78, 5) is 17.0. The van der Waals surface area contributed by atoms with Gasteiger partial charge in [-0.2, -0.15) is 0 Å². The number of hydrogen-bond donors (Lipinski definition) is 1. The average molecular weight is 444 g/mol. The standard InChI is InChI=1S/C23H22ClNO4S/c1-23(2,15-26)18-4-7-20(8-5-18)30(28,29)14-17-3-6-19(24)13-21(17)22(27)16-9-11-25-12-10-16/h3-13,26H,14-15H2,1-2H3. The highest BCUT2D eigenvalue weighted by Crippen LogP contribution is 2.27. The molecule has 0 bridgehead atoms. The van der Waals surface area contributed by atoms with E-state index in [0.29, 0.717) is 16.1 Å². The van der Waals surface area contributed by atoms with Crippen molar-refractivity contribution in [2.45, 2.75) is 29.9 Å². The molecule has 1 heterocycles. The number of aliphatic hydroxyl groups is 1. The number of benzene rings is 2. The number of halogens is 1. The molecule has 156 valence electrons. The Labute approximate surface area is 181 Å². The molecule has 0 aliphatic heterocycles. The number of aromatic nitrogens is 1. The quantitative estimate of drug-likeness (QED) is 0.553. The lowest BCUT2D eigenvalue weighted by Crippen LogP contribution is -2.22. The predicted molar refractivity (Wildman–Crippen MR) is 117 cm³/mol. The molecule has 0 amide bonds. The van der Waals surface area contributed by atoms with Gasteiger partial charge >= 0.3 is 0 Å². The van der Waals surface area contributed by atoms with Gasteiger partial charge in [0.1, 0.15) is 0 Å². The number of aliphatic hydroxyl groups excluding tert-OH is 1. The monoisotopic (exact) mass is 443 g/mol. The number of rotatable bonds is 7. The van der Waals surface area contributed by atoms with Gasteiger partial charge in [-0.1, -0.05) is 43.6 Å². The lowest BCUT2D eigenvalue weighted by atomic mass is 9.86. The van der Waals surface area contributed by atoms with Crippen LogP contribution in [0.5, 0.6) is 0 Å². The van der Waals surface area contributed by atoms with Crippen molar-refractivity contribution >= 4 is 27.2 Å². The summed E-state index contributed by atoms with van der Waals surface area (Å²) >= 11 is 6.08. The van der Waals surface area contributed by atoms with Gasteiger partial charge in [0.25, 0.3) is 0 Å². The zero-order valence-electron chi connectivity index (χ0n) is 16.7. The molecule has 3 rings (SSSR count). The molecule has 3 aromatic rings. The summed E-state index contributed by atoms with van der Waals surface area (Å²) < 4.78 is 26.0. The van der Waals surface area contributed by atoms with Gasteiger partial charge in [-0.15, -0.1) is 0 Å². The Morgan fingerprint density at radius 1 is 1.03 bits per heavy atom. The number of ketones is 1. The van der Waals surface area contributed by atoms with E-state index in [2.05, 4.69) is 4.98 Å². The van der Waals surface area contributed by atoms with Gasteiger partial charge < -0.3 is 5.11 Å². The van der Waals surface area contributed by atoms with Crippen LogP contribution in [0.1, 0.15) is 40.9 Å². The van der Waals surface area contributed by atoms with Crippen LogP contribution in [0.25, 0.3) is 0 Å². The molecule has 0 radical (unpaired) electrons. The van der Waals surface area contributed by atoms with Crippen molar-refractivity contribution in [3.05, 3.63) is 94.3 Å². The first kappa shape index (κ1) is 22.2. The molecule has 7 heteroatoms. The Hall–Kier alpha value is -2.54. The maximum Gasteiger partial charge on any atom is 0.193 e. The molecular formula is C23H22ClNO4S. The maximum atomic E-state index is 13.0. The number of carbonyl (C=O) groups is 1. The molecule has 1 N–H and O–H groups in total. The lowest BCUT2D eigenvalue weighted by molar-refractivity contribution is 0.103. The Balaban J connectivity index is 1.95. The minimum Gasteiger partial charge on any atom is -0.395 e. The molecule has 0 aliphatic carbocycles. The minimum atomic E-state index is -3.70. The van der Waals surface area contributed by atoms with Gasteiger partial charge in [0.15, 0.2) is 15.6 Å². The van der Waals surface area contributed by atoms with E-state index in [0.717, 1.165) is 5.56 Å². The highest BCUT2D eigenvalue weighted by Gasteiger charge is 2.23. The van der Waals surface area contributed by atoms with Crippen molar-refractivity contribution in [2.75, 3.05) is 6.61 Å². The molecule has 0 fully saturated rings. The third-order valence-corrected chi connectivity index (χ3v) is 6.91. The van der Waals surface area contributed by atoms with Crippen molar-refractivity contribution in [3.8, 4) is 0 Å². The molecule has 2 aromatic carbocycles. The first-order chi connectivity index (χ1) is 14.1. The van der Waals surface area contributed by atoms with Crippen molar-refractivity contribution < 1.29 is 18.3 Å². The molecule has 0 unspecified atom stereocenters. The second kappa shape index (κ2) is 8.68. The second-order valence-corrected chi connectivity index (χ2v) is 10.1. The Morgan fingerprint density at radius 2 is 1.67 bits per heavy atom. The molecule has 0 atom stereocenters. The average Bonchev–Trinajstić information content (AvgIpc) is 2.75. The third-order valence-electron chi connectivity index (χ3n) is 4.99. The topological polar surface area (TPSA) is 84.3 Å². The SMILES string of the molecule is CC(C)(CO)c1ccc(S(=O)(=O)Cc2ccc(Cl)cc2C(=O)c2ccncc2)cc1. The van der Waals surface area contributed by atoms with Gasteiger partial charge in [0.05, 0.1) is 17.3 Å². The maximum absolute atomic E-state index is 13.0. The van der Waals surface area contributed by atoms with Crippen LogP contribution in [0, 0.1) is 0 Å². The van der Waals surface area contributed by atoms with Gasteiger partial charge in [0, 0.05) is 34.0 Å². The van der Waals surface area contributed by atoms with Crippen molar-refractivity contribution in [1.82, 2.24) is 4.98 Å². The van der Waals surface area contributed by atoms with Crippen LogP contribution in [0.2, 0.25) is 5.02 Å². The molecule has 30 heavy (non-hydrogen) atoms. The summed E-state index contributed by atoms with van der Waals surface area (Å²) in [5.74, 6) is -0.649. The fraction of sp³-hybridized carbons (Fsp3) is 0.217. The Kier molecular flexibility index (Phi) is 6.41. The van der Waals surface area contributed by atoms with E-state index < -0.39 is 15.3 Å². The molecule has 1 aromatic heterocycles. The van der Waals surface area contributed by atoms with E-state index in [4.69, 9.17) is 11.6 Å². The molecule has 0 saturated carbocycles.